The molecule has 1 atom stereocenters. The van der Waals surface area contributed by atoms with Gasteiger partial charge in [0.25, 0.3) is 5.72 Å². The molecule has 0 heterocycles. The molecule has 1 aromatic carbocycles. The number of ether oxygens (including phenoxy) is 4. The number of aliphatic carboxylic acids is 1. The van der Waals surface area contributed by atoms with Gasteiger partial charge < -0.3 is 24.1 Å². The first-order chi connectivity index (χ1) is 17.9. The van der Waals surface area contributed by atoms with Crippen molar-refractivity contribution < 1.29 is 43.2 Å². The molecule has 0 aliphatic heterocycles. The summed E-state index contributed by atoms with van der Waals surface area (Å²) in [5.41, 5.74) is -2.51. The van der Waals surface area contributed by atoms with Crippen LogP contribution in [0.1, 0.15) is 93.6 Å². The maximum atomic E-state index is 12.7. The molecule has 2 N–H and O–H groups in total. The first-order valence-corrected chi connectivity index (χ1v) is 13.3. The lowest BCUT2D eigenvalue weighted by Gasteiger charge is -2.32. The number of hydrogen-bond acceptors (Lipinski definition) is 9. The number of benzene rings is 1. The lowest BCUT2D eigenvalue weighted by molar-refractivity contribution is -0.166. The van der Waals surface area contributed by atoms with Crippen molar-refractivity contribution in [3.05, 3.63) is 23.8 Å². The smallest absolute Gasteiger partial charge is 0.477 e. The van der Waals surface area contributed by atoms with Crippen molar-refractivity contribution in [1.29, 1.82) is 0 Å². The van der Waals surface area contributed by atoms with Gasteiger partial charge in [0.1, 0.15) is 0 Å². The largest absolute Gasteiger partial charge is 0.510 e. The highest BCUT2D eigenvalue weighted by molar-refractivity contribution is 5.81. The summed E-state index contributed by atoms with van der Waals surface area (Å²) in [6, 6.07) is 3.97. The molecule has 0 radical (unpaired) electrons. The van der Waals surface area contributed by atoms with Crippen molar-refractivity contribution in [3.63, 3.8) is 0 Å². The summed E-state index contributed by atoms with van der Waals surface area (Å²) in [6.45, 7) is 16.7. The summed E-state index contributed by atoms with van der Waals surface area (Å²) in [7, 11) is 0. The predicted octanol–water partition coefficient (Wildman–Crippen LogP) is 5.64. The van der Waals surface area contributed by atoms with Crippen LogP contribution in [0.4, 0.5) is 4.79 Å². The van der Waals surface area contributed by atoms with E-state index in [1.807, 2.05) is 48.5 Å². The van der Waals surface area contributed by atoms with E-state index in [1.165, 1.54) is 18.2 Å². The van der Waals surface area contributed by atoms with Gasteiger partial charge in [0.2, 0.25) is 0 Å². The summed E-state index contributed by atoms with van der Waals surface area (Å²) in [5, 5.41) is 12.9. The van der Waals surface area contributed by atoms with E-state index in [0.717, 1.165) is 6.42 Å². The highest BCUT2D eigenvalue weighted by atomic mass is 16.7. The van der Waals surface area contributed by atoms with Crippen molar-refractivity contribution in [3.8, 4) is 11.5 Å². The molecule has 220 valence electrons. The number of carboxylic acid groups (broad SMARTS) is 1. The lowest BCUT2D eigenvalue weighted by atomic mass is 9.92. The van der Waals surface area contributed by atoms with Gasteiger partial charge in [-0.25, -0.2) is 9.59 Å². The molecule has 0 amide bonds. The number of hydrogen-bond donors (Lipinski definition) is 2. The molecule has 39 heavy (non-hydrogen) atoms. The van der Waals surface area contributed by atoms with E-state index in [9.17, 15) is 24.3 Å². The molecule has 0 aromatic heterocycles. The second-order valence-corrected chi connectivity index (χ2v) is 12.4. The first-order valence-electron chi connectivity index (χ1n) is 13.3. The fourth-order valence-corrected chi connectivity index (χ4v) is 3.53. The Morgan fingerprint density at radius 1 is 0.897 bits per heavy atom. The van der Waals surface area contributed by atoms with E-state index in [0.29, 0.717) is 12.0 Å². The van der Waals surface area contributed by atoms with Crippen molar-refractivity contribution in [2.45, 2.75) is 106 Å². The van der Waals surface area contributed by atoms with Crippen LogP contribution in [0.15, 0.2) is 18.2 Å². The van der Waals surface area contributed by atoms with Crippen LogP contribution >= 0.6 is 0 Å². The van der Waals surface area contributed by atoms with Gasteiger partial charge in [-0.1, -0.05) is 61.0 Å². The molecule has 1 aromatic rings. The minimum atomic E-state index is -2.17. The summed E-state index contributed by atoms with van der Waals surface area (Å²) >= 11 is 0. The standard InChI is InChI=1S/C29H45NO9/c1-10-11-14-36-26(35)39-29(25(33)34,30-19(2)3)16-20-12-13-21(37-23(31)17-27(4,5)6)22(15-20)38-24(32)18-28(7,8)9/h12-13,15,19,30H,10-11,14,16-18H2,1-9H3,(H,33,34)/t29-/m0/s1. The number of carbonyl (C=O) groups is 4. The third kappa shape index (κ3) is 13.0. The highest BCUT2D eigenvalue weighted by Crippen LogP contribution is 2.33. The Balaban J connectivity index is 3.42. The minimum Gasteiger partial charge on any atom is -0.477 e. The van der Waals surface area contributed by atoms with Crippen LogP contribution in [0.25, 0.3) is 0 Å². The fourth-order valence-electron chi connectivity index (χ4n) is 3.53. The topological polar surface area (TPSA) is 137 Å². The SMILES string of the molecule is CCCCOC(=O)O[C@](Cc1ccc(OC(=O)CC(C)(C)C)c(OC(=O)CC(C)(C)C)c1)(NC(C)C)C(=O)O. The number of rotatable bonds is 13. The molecule has 0 spiro atoms. The Labute approximate surface area is 231 Å². The van der Waals surface area contributed by atoms with E-state index in [2.05, 4.69) is 5.32 Å². The third-order valence-electron chi connectivity index (χ3n) is 5.10. The number of carboxylic acids is 1. The molecular formula is C29H45NO9. The van der Waals surface area contributed by atoms with E-state index in [1.54, 1.807) is 13.8 Å². The van der Waals surface area contributed by atoms with E-state index < -0.39 is 29.8 Å². The molecule has 0 unspecified atom stereocenters. The Morgan fingerprint density at radius 2 is 1.44 bits per heavy atom. The summed E-state index contributed by atoms with van der Waals surface area (Å²) in [6.07, 6.45) is 0.148. The second kappa shape index (κ2) is 14.3. The van der Waals surface area contributed by atoms with E-state index >= 15 is 0 Å². The molecule has 1 rings (SSSR count). The zero-order valence-electron chi connectivity index (χ0n) is 24.8. The minimum absolute atomic E-state index is 0.0212. The quantitative estimate of drug-likeness (QED) is 0.137. The van der Waals surface area contributed by atoms with E-state index in [-0.39, 0.29) is 54.2 Å². The van der Waals surface area contributed by atoms with Crippen LogP contribution in [0.3, 0.4) is 0 Å². The van der Waals surface area contributed by atoms with Crippen LogP contribution in [-0.2, 0) is 30.3 Å². The molecule has 0 fully saturated rings. The average Bonchev–Trinajstić information content (AvgIpc) is 2.72. The van der Waals surface area contributed by atoms with Crippen molar-refractivity contribution in [2.75, 3.05) is 6.61 Å². The predicted molar refractivity (Wildman–Crippen MR) is 146 cm³/mol. The Hall–Kier alpha value is -3.14. The Kier molecular flexibility index (Phi) is 12.4. The summed E-state index contributed by atoms with van der Waals surface area (Å²) in [4.78, 5) is 50.0. The number of unbranched alkanes of at least 4 members (excludes halogenated alkanes) is 1. The molecule has 0 aliphatic carbocycles. The average molecular weight is 552 g/mol. The highest BCUT2D eigenvalue weighted by Gasteiger charge is 2.44. The van der Waals surface area contributed by atoms with Gasteiger partial charge in [-0.2, -0.15) is 0 Å². The number of carbonyl (C=O) groups excluding carboxylic acids is 3. The van der Waals surface area contributed by atoms with Gasteiger partial charge in [-0.3, -0.25) is 14.9 Å². The molecule has 0 bridgehead atoms. The summed E-state index contributed by atoms with van der Waals surface area (Å²) in [5.74, 6) is -2.52. The van der Waals surface area contributed by atoms with Crippen molar-refractivity contribution >= 4 is 24.1 Å². The zero-order valence-corrected chi connectivity index (χ0v) is 24.8. The van der Waals surface area contributed by atoms with Crippen LogP contribution in [-0.4, -0.2) is 47.5 Å². The number of nitrogens with one attached hydrogen (secondary N) is 1. The van der Waals surface area contributed by atoms with E-state index in [4.69, 9.17) is 18.9 Å². The van der Waals surface area contributed by atoms with Gasteiger partial charge in [0.05, 0.1) is 19.4 Å². The summed E-state index contributed by atoms with van der Waals surface area (Å²) < 4.78 is 21.5. The molecule has 10 heteroatoms. The van der Waals surface area contributed by atoms with Gasteiger partial charge in [0, 0.05) is 12.5 Å². The molecule has 0 aliphatic rings. The van der Waals surface area contributed by atoms with Gasteiger partial charge in [-0.05, 0) is 48.8 Å². The Bertz CT molecular complexity index is 1000. The molecule has 0 saturated carbocycles. The second-order valence-electron chi connectivity index (χ2n) is 12.4. The van der Waals surface area contributed by atoms with Gasteiger partial charge >= 0.3 is 24.1 Å². The van der Waals surface area contributed by atoms with Crippen LogP contribution < -0.4 is 14.8 Å². The fraction of sp³-hybridized carbons (Fsp3) is 0.655. The lowest BCUT2D eigenvalue weighted by Crippen LogP contribution is -2.59. The maximum Gasteiger partial charge on any atom is 0.510 e. The van der Waals surface area contributed by atoms with Crippen LogP contribution in [0.2, 0.25) is 0 Å². The zero-order chi connectivity index (χ0) is 30.0. The maximum absolute atomic E-state index is 12.7. The van der Waals surface area contributed by atoms with Crippen molar-refractivity contribution in [1.82, 2.24) is 5.32 Å². The first kappa shape index (κ1) is 33.9. The number of esters is 2. The molecule has 10 nitrogen and oxygen atoms in total. The van der Waals surface area contributed by atoms with Gasteiger partial charge in [-0.15, -0.1) is 0 Å². The molecular weight excluding hydrogens is 506 g/mol. The monoisotopic (exact) mass is 551 g/mol. The third-order valence-corrected chi connectivity index (χ3v) is 5.10. The van der Waals surface area contributed by atoms with Crippen molar-refractivity contribution in [2.24, 2.45) is 10.8 Å². The molecule has 0 saturated heterocycles. The van der Waals surface area contributed by atoms with Crippen LogP contribution in [0, 0.1) is 10.8 Å². The normalized spacial score (nSPS) is 13.4. The van der Waals surface area contributed by atoms with Gasteiger partial charge in [0.15, 0.2) is 11.5 Å². The Morgan fingerprint density at radius 3 is 1.90 bits per heavy atom. The van der Waals surface area contributed by atoms with Crippen LogP contribution in [0.5, 0.6) is 11.5 Å².